The fourth-order valence-corrected chi connectivity index (χ4v) is 3.31. The van der Waals surface area contributed by atoms with Crippen molar-refractivity contribution in [3.05, 3.63) is 95.6 Å². The predicted octanol–water partition coefficient (Wildman–Crippen LogP) is 4.01. The minimum atomic E-state index is -0.634. The SMILES string of the molecule is CN1C(=O)C(Cc2ccccc2)Oc2cc(C(=O)OCc3ccccc3)ccc21. The topological polar surface area (TPSA) is 55.8 Å². The molecule has 0 N–H and O–H groups in total. The van der Waals surface area contributed by atoms with Crippen molar-refractivity contribution < 1.29 is 19.1 Å². The lowest BCUT2D eigenvalue weighted by Gasteiger charge is -2.32. The maximum absolute atomic E-state index is 12.7. The van der Waals surface area contributed by atoms with Crippen LogP contribution in [0.15, 0.2) is 78.9 Å². The van der Waals surface area contributed by atoms with Crippen molar-refractivity contribution in [2.24, 2.45) is 0 Å². The summed E-state index contributed by atoms with van der Waals surface area (Å²) in [7, 11) is 1.72. The quantitative estimate of drug-likeness (QED) is 0.621. The zero-order valence-corrected chi connectivity index (χ0v) is 16.1. The number of hydrogen-bond donors (Lipinski definition) is 0. The van der Waals surface area contributed by atoms with Gasteiger partial charge < -0.3 is 14.4 Å². The van der Waals surface area contributed by atoms with E-state index in [1.54, 1.807) is 30.1 Å². The van der Waals surface area contributed by atoms with Gasteiger partial charge in [0.25, 0.3) is 5.91 Å². The van der Waals surface area contributed by atoms with E-state index in [0.29, 0.717) is 23.4 Å². The molecule has 29 heavy (non-hydrogen) atoms. The van der Waals surface area contributed by atoms with Crippen LogP contribution < -0.4 is 9.64 Å². The molecule has 0 spiro atoms. The Bertz CT molecular complexity index is 1020. The average Bonchev–Trinajstić information content (AvgIpc) is 2.76. The largest absolute Gasteiger partial charge is 0.478 e. The smallest absolute Gasteiger partial charge is 0.338 e. The molecule has 4 rings (SSSR count). The molecular formula is C24H21NO4. The number of likely N-dealkylation sites (N-methyl/N-ethyl adjacent to an activating group) is 1. The molecule has 1 aliphatic rings. The number of esters is 1. The fourth-order valence-electron chi connectivity index (χ4n) is 3.31. The number of carbonyl (C=O) groups excluding carboxylic acids is 2. The Morgan fingerprint density at radius 2 is 1.62 bits per heavy atom. The van der Waals surface area contributed by atoms with Crippen LogP contribution in [-0.2, 0) is 22.6 Å². The number of amides is 1. The van der Waals surface area contributed by atoms with Crippen LogP contribution in [0.4, 0.5) is 5.69 Å². The summed E-state index contributed by atoms with van der Waals surface area (Å²) in [5, 5.41) is 0. The van der Waals surface area contributed by atoms with E-state index in [1.165, 1.54) is 0 Å². The molecule has 1 amide bonds. The number of hydrogen-bond acceptors (Lipinski definition) is 4. The zero-order valence-electron chi connectivity index (χ0n) is 16.1. The highest BCUT2D eigenvalue weighted by Gasteiger charge is 2.32. The van der Waals surface area contributed by atoms with E-state index in [1.807, 2.05) is 60.7 Å². The van der Waals surface area contributed by atoms with Crippen LogP contribution in [0.3, 0.4) is 0 Å². The molecule has 0 saturated carbocycles. The molecule has 3 aromatic carbocycles. The lowest BCUT2D eigenvalue weighted by Crippen LogP contribution is -2.45. The molecule has 0 saturated heterocycles. The summed E-state index contributed by atoms with van der Waals surface area (Å²) >= 11 is 0. The van der Waals surface area contributed by atoms with Crippen LogP contribution in [0.25, 0.3) is 0 Å². The average molecular weight is 387 g/mol. The van der Waals surface area contributed by atoms with Gasteiger partial charge in [-0.25, -0.2) is 4.79 Å². The van der Waals surface area contributed by atoms with Gasteiger partial charge in [-0.15, -0.1) is 0 Å². The summed E-state index contributed by atoms with van der Waals surface area (Å²) in [6.07, 6.45) is -0.169. The molecular weight excluding hydrogens is 366 g/mol. The lowest BCUT2D eigenvalue weighted by atomic mass is 10.0. The first-order valence-corrected chi connectivity index (χ1v) is 9.45. The van der Waals surface area contributed by atoms with E-state index in [0.717, 1.165) is 11.1 Å². The van der Waals surface area contributed by atoms with Gasteiger partial charge in [0.2, 0.25) is 0 Å². The van der Waals surface area contributed by atoms with Gasteiger partial charge in [0, 0.05) is 13.5 Å². The van der Waals surface area contributed by atoms with E-state index in [-0.39, 0.29) is 12.5 Å². The van der Waals surface area contributed by atoms with Crippen LogP contribution in [0.1, 0.15) is 21.5 Å². The van der Waals surface area contributed by atoms with Gasteiger partial charge in [0.1, 0.15) is 12.4 Å². The molecule has 0 aromatic heterocycles. The van der Waals surface area contributed by atoms with Gasteiger partial charge in [-0.05, 0) is 29.3 Å². The van der Waals surface area contributed by atoms with Crippen molar-refractivity contribution in [3.63, 3.8) is 0 Å². The van der Waals surface area contributed by atoms with Gasteiger partial charge in [0.05, 0.1) is 11.3 Å². The summed E-state index contributed by atoms with van der Waals surface area (Å²) < 4.78 is 11.4. The number of benzene rings is 3. The molecule has 0 aliphatic carbocycles. The number of ether oxygens (including phenoxy) is 2. The van der Waals surface area contributed by atoms with Crippen molar-refractivity contribution >= 4 is 17.6 Å². The molecule has 1 unspecified atom stereocenters. The summed E-state index contributed by atoms with van der Waals surface area (Å²) in [5.41, 5.74) is 2.96. The highest BCUT2D eigenvalue weighted by Crippen LogP contribution is 2.35. The molecule has 0 bridgehead atoms. The van der Waals surface area contributed by atoms with Crippen molar-refractivity contribution in [1.82, 2.24) is 0 Å². The Labute approximate surface area is 169 Å². The second-order valence-electron chi connectivity index (χ2n) is 6.94. The highest BCUT2D eigenvalue weighted by molar-refractivity contribution is 6.01. The minimum absolute atomic E-state index is 0.110. The first-order valence-electron chi connectivity index (χ1n) is 9.45. The summed E-state index contributed by atoms with van der Waals surface area (Å²) in [5.74, 6) is -0.0395. The van der Waals surface area contributed by atoms with Gasteiger partial charge in [-0.2, -0.15) is 0 Å². The monoisotopic (exact) mass is 387 g/mol. The Kier molecular flexibility index (Phi) is 5.29. The number of carbonyl (C=O) groups is 2. The van der Waals surface area contributed by atoms with Crippen molar-refractivity contribution in [2.45, 2.75) is 19.1 Å². The normalized spacial score (nSPS) is 15.4. The Morgan fingerprint density at radius 3 is 2.31 bits per heavy atom. The van der Waals surface area contributed by atoms with Crippen LogP contribution in [0.2, 0.25) is 0 Å². The van der Waals surface area contributed by atoms with Gasteiger partial charge in [0.15, 0.2) is 6.10 Å². The van der Waals surface area contributed by atoms with Crippen molar-refractivity contribution in [2.75, 3.05) is 11.9 Å². The lowest BCUT2D eigenvalue weighted by molar-refractivity contribution is -0.125. The molecule has 5 nitrogen and oxygen atoms in total. The van der Waals surface area contributed by atoms with Gasteiger partial charge in [-0.1, -0.05) is 60.7 Å². The van der Waals surface area contributed by atoms with Crippen molar-refractivity contribution in [1.29, 1.82) is 0 Å². The molecule has 1 atom stereocenters. The van der Waals surface area contributed by atoms with E-state index in [9.17, 15) is 9.59 Å². The predicted molar refractivity (Wildman–Crippen MR) is 110 cm³/mol. The number of rotatable bonds is 5. The number of fused-ring (bicyclic) bond motifs is 1. The van der Waals surface area contributed by atoms with E-state index >= 15 is 0 Å². The summed E-state index contributed by atoms with van der Waals surface area (Å²) in [4.78, 5) is 26.7. The maximum atomic E-state index is 12.7. The zero-order chi connectivity index (χ0) is 20.2. The highest BCUT2D eigenvalue weighted by atomic mass is 16.5. The molecule has 0 radical (unpaired) electrons. The first kappa shape index (κ1) is 18.7. The summed E-state index contributed by atoms with van der Waals surface area (Å²) in [6.45, 7) is 0.201. The third kappa shape index (κ3) is 4.14. The molecule has 1 heterocycles. The third-order valence-electron chi connectivity index (χ3n) is 4.91. The molecule has 146 valence electrons. The second-order valence-corrected chi connectivity index (χ2v) is 6.94. The molecule has 5 heteroatoms. The van der Waals surface area contributed by atoms with Gasteiger partial charge in [-0.3, -0.25) is 4.79 Å². The Hall–Kier alpha value is -3.60. The van der Waals surface area contributed by atoms with Crippen molar-refractivity contribution in [3.8, 4) is 5.75 Å². The van der Waals surface area contributed by atoms with Crippen LogP contribution in [0, 0.1) is 0 Å². The second kappa shape index (κ2) is 8.19. The van der Waals surface area contributed by atoms with Crippen LogP contribution in [-0.4, -0.2) is 25.0 Å². The third-order valence-corrected chi connectivity index (χ3v) is 4.91. The Morgan fingerprint density at radius 1 is 0.966 bits per heavy atom. The van der Waals surface area contributed by atoms with Gasteiger partial charge >= 0.3 is 5.97 Å². The Balaban J connectivity index is 1.50. The van der Waals surface area contributed by atoms with Crippen LogP contribution >= 0.6 is 0 Å². The standard InChI is InChI=1S/C24H21NO4/c1-25-20-13-12-19(24(27)28-16-18-10-6-3-7-11-18)15-21(20)29-22(23(25)26)14-17-8-4-2-5-9-17/h2-13,15,22H,14,16H2,1H3. The van der Waals surface area contributed by atoms with E-state index in [4.69, 9.17) is 9.47 Å². The number of nitrogens with zero attached hydrogens (tertiary/aromatic N) is 1. The molecule has 1 aliphatic heterocycles. The number of anilines is 1. The van der Waals surface area contributed by atoms with E-state index < -0.39 is 12.1 Å². The van der Waals surface area contributed by atoms with E-state index in [2.05, 4.69) is 0 Å². The maximum Gasteiger partial charge on any atom is 0.338 e. The fraction of sp³-hybridized carbons (Fsp3) is 0.167. The molecule has 3 aromatic rings. The van der Waals surface area contributed by atoms with Crippen LogP contribution in [0.5, 0.6) is 5.75 Å². The summed E-state index contributed by atoms with van der Waals surface area (Å²) in [6, 6.07) is 24.2. The first-order chi connectivity index (χ1) is 14.1. The minimum Gasteiger partial charge on any atom is -0.478 e. The molecule has 0 fully saturated rings.